The molecule has 0 saturated heterocycles. The molecule has 0 aromatic heterocycles. The Morgan fingerprint density at radius 3 is 2.57 bits per heavy atom. The molecule has 0 heterocycles. The van der Waals surface area contributed by atoms with E-state index in [1.807, 2.05) is 0 Å². The lowest BCUT2D eigenvalue weighted by atomic mass is 10.3. The normalized spacial score (nSPS) is 9.93. The molecule has 1 rings (SSSR count). The first-order valence-electron chi connectivity index (χ1n) is 3.94. The first-order chi connectivity index (χ1) is 6.63. The summed E-state index contributed by atoms with van der Waals surface area (Å²) in [7, 11) is 0. The highest BCUT2D eigenvalue weighted by atomic mass is 35.5. The van der Waals surface area contributed by atoms with Crippen LogP contribution in [0.5, 0.6) is 5.75 Å². The van der Waals surface area contributed by atoms with Crippen LogP contribution in [-0.2, 0) is 0 Å². The molecular weight excluding hydrogens is 242 g/mol. The maximum absolute atomic E-state index is 5.80. The number of hydrogen-bond donors (Lipinski definition) is 0. The van der Waals surface area contributed by atoms with Gasteiger partial charge in [-0.15, -0.1) is 11.6 Å². The second kappa shape index (κ2) is 5.50. The fourth-order valence-corrected chi connectivity index (χ4v) is 1.16. The maximum atomic E-state index is 5.80. The molecule has 0 radical (unpaired) electrons. The fourth-order valence-electron chi connectivity index (χ4n) is 0.791. The van der Waals surface area contributed by atoms with Gasteiger partial charge in [-0.1, -0.05) is 29.8 Å². The van der Waals surface area contributed by atoms with Crippen molar-refractivity contribution in [1.82, 2.24) is 0 Å². The van der Waals surface area contributed by atoms with E-state index in [1.165, 1.54) is 0 Å². The smallest absolute Gasteiger partial charge is 0.121 e. The quantitative estimate of drug-likeness (QED) is 0.576. The summed E-state index contributed by atoms with van der Waals surface area (Å²) >= 11 is 17.1. The summed E-state index contributed by atoms with van der Waals surface area (Å²) in [6.45, 7) is 4.10. The molecule has 76 valence electrons. The zero-order valence-electron chi connectivity index (χ0n) is 7.40. The number of rotatable bonds is 4. The molecule has 1 aromatic carbocycles. The molecule has 0 N–H and O–H groups in total. The number of hydrogen-bond acceptors (Lipinski definition) is 1. The average Bonchev–Trinajstić information content (AvgIpc) is 2.19. The van der Waals surface area contributed by atoms with Gasteiger partial charge >= 0.3 is 0 Å². The topological polar surface area (TPSA) is 9.23 Å². The Labute approximate surface area is 98.2 Å². The molecule has 1 nitrogen and oxygen atoms in total. The van der Waals surface area contributed by atoms with E-state index >= 15 is 0 Å². The molecule has 0 bridgehead atoms. The van der Waals surface area contributed by atoms with Crippen LogP contribution in [0.3, 0.4) is 0 Å². The third kappa shape index (κ3) is 3.41. The van der Waals surface area contributed by atoms with Crippen molar-refractivity contribution in [2.24, 2.45) is 0 Å². The van der Waals surface area contributed by atoms with E-state index in [1.54, 1.807) is 18.2 Å². The van der Waals surface area contributed by atoms with Gasteiger partial charge in [0.05, 0.1) is 10.0 Å². The van der Waals surface area contributed by atoms with Crippen molar-refractivity contribution in [3.8, 4) is 5.75 Å². The molecule has 14 heavy (non-hydrogen) atoms. The number of alkyl halides is 1. The summed E-state index contributed by atoms with van der Waals surface area (Å²) in [5.74, 6) is 1.05. The Bertz CT molecular complexity index is 336. The van der Waals surface area contributed by atoms with Crippen LogP contribution in [0.1, 0.15) is 0 Å². The third-order valence-corrected chi connectivity index (χ3v) is 2.64. The lowest BCUT2D eigenvalue weighted by molar-refractivity contribution is 0.353. The summed E-state index contributed by atoms with van der Waals surface area (Å²) in [4.78, 5) is 0. The zero-order chi connectivity index (χ0) is 10.6. The molecule has 0 fully saturated rings. The largest absolute Gasteiger partial charge is 0.489 e. The minimum atomic E-state index is 0.390. The van der Waals surface area contributed by atoms with Crippen molar-refractivity contribution >= 4 is 34.8 Å². The summed E-state index contributed by atoms with van der Waals surface area (Å²) in [5, 5.41) is 0.982. The van der Waals surface area contributed by atoms with Crippen LogP contribution in [0.4, 0.5) is 0 Å². The highest BCUT2D eigenvalue weighted by Crippen LogP contribution is 2.26. The van der Waals surface area contributed by atoms with E-state index < -0.39 is 0 Å². The van der Waals surface area contributed by atoms with Crippen LogP contribution in [0, 0.1) is 0 Å². The van der Waals surface area contributed by atoms with Gasteiger partial charge in [-0.05, 0) is 17.7 Å². The van der Waals surface area contributed by atoms with E-state index in [2.05, 4.69) is 6.58 Å². The summed E-state index contributed by atoms with van der Waals surface area (Å²) in [6, 6.07) is 5.09. The molecule has 0 spiro atoms. The number of halogens is 3. The fraction of sp³-hybridized carbons (Fsp3) is 0.200. The van der Waals surface area contributed by atoms with Crippen molar-refractivity contribution in [2.45, 2.75) is 0 Å². The molecule has 0 amide bonds. The molecule has 0 aliphatic heterocycles. The van der Waals surface area contributed by atoms with Gasteiger partial charge in [0, 0.05) is 11.9 Å². The molecule has 0 aliphatic rings. The van der Waals surface area contributed by atoms with Crippen molar-refractivity contribution in [3.05, 3.63) is 40.4 Å². The van der Waals surface area contributed by atoms with Crippen LogP contribution >= 0.6 is 34.8 Å². The Morgan fingerprint density at radius 2 is 2.00 bits per heavy atom. The second-order valence-electron chi connectivity index (χ2n) is 2.75. The first kappa shape index (κ1) is 11.7. The first-order valence-corrected chi connectivity index (χ1v) is 5.23. The predicted octanol–water partition coefficient (Wildman–Crippen LogP) is 4.17. The highest BCUT2D eigenvalue weighted by Gasteiger charge is 2.00. The number of ether oxygens (including phenoxy) is 1. The SMILES string of the molecule is C=C(CCl)COc1ccc(Cl)c(Cl)c1. The van der Waals surface area contributed by atoms with E-state index in [4.69, 9.17) is 39.5 Å². The van der Waals surface area contributed by atoms with E-state index in [9.17, 15) is 0 Å². The summed E-state index contributed by atoms with van der Waals surface area (Å²) in [5.41, 5.74) is 0.817. The van der Waals surface area contributed by atoms with Crippen LogP contribution in [0.2, 0.25) is 10.0 Å². The van der Waals surface area contributed by atoms with Crippen molar-refractivity contribution in [1.29, 1.82) is 0 Å². The lowest BCUT2D eigenvalue weighted by Crippen LogP contribution is -2.00. The Hall–Kier alpha value is -0.370. The number of benzene rings is 1. The van der Waals surface area contributed by atoms with Crippen LogP contribution in [-0.4, -0.2) is 12.5 Å². The average molecular weight is 252 g/mol. The summed E-state index contributed by atoms with van der Waals surface area (Å²) in [6.07, 6.45) is 0. The van der Waals surface area contributed by atoms with E-state index in [-0.39, 0.29) is 0 Å². The van der Waals surface area contributed by atoms with E-state index in [0.29, 0.717) is 28.3 Å². The Morgan fingerprint density at radius 1 is 1.29 bits per heavy atom. The van der Waals surface area contributed by atoms with Gasteiger partial charge in [0.1, 0.15) is 12.4 Å². The molecular formula is C10H9Cl3O. The van der Waals surface area contributed by atoms with Gasteiger partial charge in [-0.3, -0.25) is 0 Å². The molecule has 0 saturated carbocycles. The predicted molar refractivity (Wildman–Crippen MR) is 61.8 cm³/mol. The molecule has 0 atom stereocenters. The highest BCUT2D eigenvalue weighted by molar-refractivity contribution is 6.42. The molecule has 4 heteroatoms. The van der Waals surface area contributed by atoms with Gasteiger partial charge in [-0.2, -0.15) is 0 Å². The minimum absolute atomic E-state index is 0.390. The lowest BCUT2D eigenvalue weighted by Gasteiger charge is -2.07. The molecule has 1 aromatic rings. The van der Waals surface area contributed by atoms with E-state index in [0.717, 1.165) is 5.57 Å². The Balaban J connectivity index is 2.60. The van der Waals surface area contributed by atoms with Crippen molar-refractivity contribution in [2.75, 3.05) is 12.5 Å². The van der Waals surface area contributed by atoms with Gasteiger partial charge in [0.15, 0.2) is 0 Å². The van der Waals surface area contributed by atoms with Crippen molar-refractivity contribution in [3.63, 3.8) is 0 Å². The standard InChI is InChI=1S/C10H9Cl3O/c1-7(5-11)6-14-8-2-3-9(12)10(13)4-8/h2-4H,1,5-6H2. The minimum Gasteiger partial charge on any atom is -0.489 e. The molecule has 0 unspecified atom stereocenters. The summed E-state index contributed by atoms with van der Waals surface area (Å²) < 4.78 is 5.37. The van der Waals surface area contributed by atoms with Gasteiger partial charge < -0.3 is 4.74 Å². The van der Waals surface area contributed by atoms with Gasteiger partial charge in [0.2, 0.25) is 0 Å². The van der Waals surface area contributed by atoms with Crippen LogP contribution in [0.15, 0.2) is 30.4 Å². The van der Waals surface area contributed by atoms with Crippen molar-refractivity contribution < 1.29 is 4.74 Å². The maximum Gasteiger partial charge on any atom is 0.121 e. The van der Waals surface area contributed by atoms with Crippen LogP contribution in [0.25, 0.3) is 0 Å². The zero-order valence-corrected chi connectivity index (χ0v) is 9.66. The second-order valence-corrected chi connectivity index (χ2v) is 3.83. The van der Waals surface area contributed by atoms with Gasteiger partial charge in [0.25, 0.3) is 0 Å². The Kier molecular flexibility index (Phi) is 4.59. The third-order valence-electron chi connectivity index (χ3n) is 1.52. The van der Waals surface area contributed by atoms with Crippen LogP contribution < -0.4 is 4.74 Å². The monoisotopic (exact) mass is 250 g/mol. The van der Waals surface area contributed by atoms with Gasteiger partial charge in [-0.25, -0.2) is 0 Å². The molecule has 0 aliphatic carbocycles.